The van der Waals surface area contributed by atoms with Gasteiger partial charge in [-0.05, 0) is 19.8 Å². The van der Waals surface area contributed by atoms with Crippen LogP contribution in [0.15, 0.2) is 6.20 Å². The van der Waals surface area contributed by atoms with E-state index in [9.17, 15) is 0 Å². The number of aryl methyl sites for hydroxylation is 1. The summed E-state index contributed by atoms with van der Waals surface area (Å²) in [5, 5.41) is 1.13. The van der Waals surface area contributed by atoms with Crippen molar-refractivity contribution in [2.24, 2.45) is 0 Å². The zero-order valence-electron chi connectivity index (χ0n) is 8.54. The molecule has 13 heavy (non-hydrogen) atoms. The highest BCUT2D eigenvalue weighted by Gasteiger charge is 2.12. The molecule has 1 heterocycles. The number of rotatable bonds is 5. The Labute approximate surface area is 84.0 Å². The molecule has 1 aromatic rings. The van der Waals surface area contributed by atoms with Crippen molar-refractivity contribution in [1.29, 1.82) is 0 Å². The Morgan fingerprint density at radius 2 is 2.23 bits per heavy atom. The van der Waals surface area contributed by atoms with Crippen LogP contribution < -0.4 is 0 Å². The Kier molecular flexibility index (Phi) is 4.39. The third kappa shape index (κ3) is 2.78. The molecule has 0 aromatic carbocycles. The van der Waals surface area contributed by atoms with E-state index in [0.29, 0.717) is 0 Å². The summed E-state index contributed by atoms with van der Waals surface area (Å²) in [7, 11) is 0. The molecule has 0 spiro atoms. The van der Waals surface area contributed by atoms with E-state index in [1.165, 1.54) is 4.88 Å². The van der Waals surface area contributed by atoms with Gasteiger partial charge in [-0.3, -0.25) is 0 Å². The van der Waals surface area contributed by atoms with Gasteiger partial charge in [-0.1, -0.05) is 13.8 Å². The lowest BCUT2D eigenvalue weighted by atomic mass is 10.3. The van der Waals surface area contributed by atoms with Crippen molar-refractivity contribution < 1.29 is 4.74 Å². The van der Waals surface area contributed by atoms with Gasteiger partial charge in [-0.15, -0.1) is 11.3 Å². The molecule has 74 valence electrons. The summed E-state index contributed by atoms with van der Waals surface area (Å²) >= 11 is 1.77. The summed E-state index contributed by atoms with van der Waals surface area (Å²) in [5.41, 5.74) is 0. The fourth-order valence-corrected chi connectivity index (χ4v) is 2.19. The van der Waals surface area contributed by atoms with Gasteiger partial charge >= 0.3 is 0 Å². The normalized spacial score (nSPS) is 13.2. The zero-order valence-corrected chi connectivity index (χ0v) is 9.36. The summed E-state index contributed by atoms with van der Waals surface area (Å²) in [5.74, 6) is 0. The van der Waals surface area contributed by atoms with Crippen molar-refractivity contribution in [2.75, 3.05) is 6.61 Å². The molecule has 1 rings (SSSR count). The maximum Gasteiger partial charge on any atom is 0.122 e. The molecular formula is C10H17NOS. The minimum Gasteiger partial charge on any atom is -0.371 e. The Bertz CT molecular complexity index is 247. The Morgan fingerprint density at radius 1 is 1.46 bits per heavy atom. The Hall–Kier alpha value is -0.410. The van der Waals surface area contributed by atoms with Crippen LogP contribution in [0.25, 0.3) is 0 Å². The maximum absolute atomic E-state index is 5.58. The van der Waals surface area contributed by atoms with E-state index in [-0.39, 0.29) is 6.10 Å². The van der Waals surface area contributed by atoms with Crippen LogP contribution in [0.4, 0.5) is 0 Å². The molecule has 1 aromatic heterocycles. The van der Waals surface area contributed by atoms with Crippen molar-refractivity contribution in [3.63, 3.8) is 0 Å². The van der Waals surface area contributed by atoms with Gasteiger partial charge in [0, 0.05) is 17.7 Å². The van der Waals surface area contributed by atoms with Crippen molar-refractivity contribution in [3.8, 4) is 0 Å². The van der Waals surface area contributed by atoms with Crippen molar-refractivity contribution in [2.45, 2.75) is 39.7 Å². The summed E-state index contributed by atoms with van der Waals surface area (Å²) in [6.45, 7) is 7.07. The number of aromatic nitrogens is 1. The Balaban J connectivity index is 2.67. The van der Waals surface area contributed by atoms with E-state index in [0.717, 1.165) is 24.5 Å². The van der Waals surface area contributed by atoms with Gasteiger partial charge in [0.05, 0.1) is 0 Å². The molecule has 0 fully saturated rings. The predicted octanol–water partition coefficient (Wildman–Crippen LogP) is 3.19. The number of hydrogen-bond donors (Lipinski definition) is 0. The lowest BCUT2D eigenvalue weighted by Gasteiger charge is -2.10. The first-order valence-corrected chi connectivity index (χ1v) is 5.69. The first-order chi connectivity index (χ1) is 6.31. The minimum absolute atomic E-state index is 0.204. The quantitative estimate of drug-likeness (QED) is 0.726. The SMILES string of the molecule is CCOC(CC)c1ncc(CC)s1. The Morgan fingerprint density at radius 3 is 2.69 bits per heavy atom. The number of thiazole rings is 1. The molecule has 3 heteroatoms. The number of nitrogens with zero attached hydrogens (tertiary/aromatic N) is 1. The zero-order chi connectivity index (χ0) is 9.68. The largest absolute Gasteiger partial charge is 0.371 e. The van der Waals surface area contributed by atoms with Gasteiger partial charge in [0.15, 0.2) is 0 Å². The van der Waals surface area contributed by atoms with Gasteiger partial charge in [0.1, 0.15) is 11.1 Å². The van der Waals surface area contributed by atoms with Crippen LogP contribution >= 0.6 is 11.3 Å². The van der Waals surface area contributed by atoms with E-state index < -0.39 is 0 Å². The lowest BCUT2D eigenvalue weighted by molar-refractivity contribution is 0.0596. The highest BCUT2D eigenvalue weighted by atomic mass is 32.1. The van der Waals surface area contributed by atoms with Gasteiger partial charge in [-0.2, -0.15) is 0 Å². The molecule has 0 N–H and O–H groups in total. The van der Waals surface area contributed by atoms with Gasteiger partial charge < -0.3 is 4.74 Å². The minimum atomic E-state index is 0.204. The van der Waals surface area contributed by atoms with Gasteiger partial charge in [-0.25, -0.2) is 4.98 Å². The lowest BCUT2D eigenvalue weighted by Crippen LogP contribution is -2.01. The smallest absolute Gasteiger partial charge is 0.122 e. The van der Waals surface area contributed by atoms with Crippen LogP contribution in [0.1, 0.15) is 43.2 Å². The van der Waals surface area contributed by atoms with Gasteiger partial charge in [0.2, 0.25) is 0 Å². The van der Waals surface area contributed by atoms with Crippen molar-refractivity contribution >= 4 is 11.3 Å². The first-order valence-electron chi connectivity index (χ1n) is 4.87. The number of ether oxygens (including phenoxy) is 1. The highest BCUT2D eigenvalue weighted by molar-refractivity contribution is 7.11. The fraction of sp³-hybridized carbons (Fsp3) is 0.700. The number of hydrogen-bond acceptors (Lipinski definition) is 3. The third-order valence-electron chi connectivity index (χ3n) is 1.93. The van der Waals surface area contributed by atoms with E-state index >= 15 is 0 Å². The molecule has 0 aliphatic rings. The van der Waals surface area contributed by atoms with Gasteiger partial charge in [0.25, 0.3) is 0 Å². The van der Waals surface area contributed by atoms with Crippen molar-refractivity contribution in [1.82, 2.24) is 4.98 Å². The summed E-state index contributed by atoms with van der Waals surface area (Å²) in [6, 6.07) is 0. The average Bonchev–Trinajstić information content (AvgIpc) is 2.62. The molecule has 0 aliphatic carbocycles. The highest BCUT2D eigenvalue weighted by Crippen LogP contribution is 2.25. The van der Waals surface area contributed by atoms with E-state index in [1.54, 1.807) is 11.3 Å². The average molecular weight is 199 g/mol. The van der Waals surface area contributed by atoms with E-state index in [2.05, 4.69) is 18.8 Å². The molecule has 1 unspecified atom stereocenters. The molecular weight excluding hydrogens is 182 g/mol. The van der Waals surface area contributed by atoms with Crippen LogP contribution in [-0.4, -0.2) is 11.6 Å². The van der Waals surface area contributed by atoms with Crippen LogP contribution in [0.5, 0.6) is 0 Å². The molecule has 2 nitrogen and oxygen atoms in total. The second-order valence-corrected chi connectivity index (χ2v) is 4.02. The van der Waals surface area contributed by atoms with Crippen LogP contribution in [0.3, 0.4) is 0 Å². The molecule has 0 radical (unpaired) electrons. The maximum atomic E-state index is 5.58. The second kappa shape index (κ2) is 5.35. The molecule has 1 atom stereocenters. The van der Waals surface area contributed by atoms with E-state index in [4.69, 9.17) is 4.74 Å². The first kappa shape index (κ1) is 10.7. The van der Waals surface area contributed by atoms with Crippen LogP contribution in [-0.2, 0) is 11.2 Å². The predicted molar refractivity (Wildman–Crippen MR) is 56.2 cm³/mol. The second-order valence-electron chi connectivity index (χ2n) is 2.87. The standard InChI is InChI=1S/C10H17NOS/c1-4-8-7-11-10(13-8)9(5-2)12-6-3/h7,9H,4-6H2,1-3H3. The van der Waals surface area contributed by atoms with Crippen LogP contribution in [0.2, 0.25) is 0 Å². The fourth-order valence-electron chi connectivity index (χ4n) is 1.20. The summed E-state index contributed by atoms with van der Waals surface area (Å²) in [6.07, 6.45) is 4.24. The topological polar surface area (TPSA) is 22.1 Å². The molecule has 0 amide bonds. The molecule has 0 saturated heterocycles. The monoisotopic (exact) mass is 199 g/mol. The van der Waals surface area contributed by atoms with Crippen molar-refractivity contribution in [3.05, 3.63) is 16.1 Å². The molecule has 0 saturated carbocycles. The van der Waals surface area contributed by atoms with Crippen LogP contribution in [0, 0.1) is 0 Å². The third-order valence-corrected chi connectivity index (χ3v) is 3.17. The van der Waals surface area contributed by atoms with E-state index in [1.807, 2.05) is 13.1 Å². The summed E-state index contributed by atoms with van der Waals surface area (Å²) < 4.78 is 5.58. The molecule has 0 bridgehead atoms. The molecule has 0 aliphatic heterocycles. The summed E-state index contributed by atoms with van der Waals surface area (Å²) in [4.78, 5) is 5.71.